The first-order valence-electron chi connectivity index (χ1n) is 5.40. The van der Waals surface area contributed by atoms with Crippen molar-refractivity contribution in [2.45, 2.75) is 6.10 Å². The topological polar surface area (TPSA) is 14.2 Å². The number of ether oxygens (including phenoxy) is 1. The molecule has 1 aromatic carbocycles. The fourth-order valence-electron chi connectivity index (χ4n) is 2.02. The van der Waals surface area contributed by atoms with Crippen LogP contribution in [0.5, 0.6) is 5.75 Å². The van der Waals surface area contributed by atoms with E-state index in [0.29, 0.717) is 0 Å². The number of hydrogen-bond donors (Lipinski definition) is 0. The Morgan fingerprint density at radius 1 is 1.12 bits per heavy atom. The van der Waals surface area contributed by atoms with Gasteiger partial charge in [-0.15, -0.1) is 0 Å². The predicted molar refractivity (Wildman–Crippen MR) is 64.3 cm³/mol. The Morgan fingerprint density at radius 3 is 2.81 bits per heavy atom. The third-order valence-electron chi connectivity index (χ3n) is 2.90. The molecule has 1 unspecified atom stereocenters. The molecule has 1 aliphatic heterocycles. The van der Waals surface area contributed by atoms with Gasteiger partial charge in [0.25, 0.3) is 0 Å². The Labute approximate surface area is 94.8 Å². The van der Waals surface area contributed by atoms with Crippen LogP contribution in [0, 0.1) is 0 Å². The number of hydrogen-bond acceptors (Lipinski definition) is 1. The van der Waals surface area contributed by atoms with Gasteiger partial charge in [-0.2, -0.15) is 0 Å². The van der Waals surface area contributed by atoms with Gasteiger partial charge in [-0.05, 0) is 24.3 Å². The normalized spacial score (nSPS) is 17.9. The molecule has 0 aliphatic carbocycles. The van der Waals surface area contributed by atoms with E-state index < -0.39 is 0 Å². The highest BCUT2D eigenvalue weighted by Gasteiger charge is 2.17. The van der Waals surface area contributed by atoms with Crippen molar-refractivity contribution in [2.75, 3.05) is 0 Å². The van der Waals surface area contributed by atoms with Crippen LogP contribution in [0.3, 0.4) is 0 Å². The van der Waals surface area contributed by atoms with Crippen LogP contribution in [-0.2, 0) is 7.05 Å². The van der Waals surface area contributed by atoms with Gasteiger partial charge in [-0.3, -0.25) is 0 Å². The summed E-state index contributed by atoms with van der Waals surface area (Å²) in [5, 5.41) is 0. The number of nitrogens with zero attached hydrogens (tertiary/aromatic N) is 1. The fraction of sp³-hybridized carbons (Fsp3) is 0.143. The largest absolute Gasteiger partial charge is 0.479 e. The molecule has 80 valence electrons. The number of para-hydroxylation sites is 1. The van der Waals surface area contributed by atoms with E-state index in [9.17, 15) is 0 Å². The molecule has 16 heavy (non-hydrogen) atoms. The third-order valence-corrected chi connectivity index (χ3v) is 2.90. The molecule has 1 aromatic heterocycles. The number of aryl methyl sites for hydroxylation is 1. The van der Waals surface area contributed by atoms with E-state index in [0.717, 1.165) is 11.3 Å². The minimum absolute atomic E-state index is 0.0231. The zero-order chi connectivity index (χ0) is 11.0. The summed E-state index contributed by atoms with van der Waals surface area (Å²) in [5.41, 5.74) is 2.32. The van der Waals surface area contributed by atoms with Crippen LogP contribution < -0.4 is 4.74 Å². The van der Waals surface area contributed by atoms with Crippen LogP contribution in [0.4, 0.5) is 0 Å². The lowest BCUT2D eigenvalue weighted by molar-refractivity contribution is 0.243. The highest BCUT2D eigenvalue weighted by molar-refractivity contribution is 5.60. The van der Waals surface area contributed by atoms with E-state index in [4.69, 9.17) is 4.74 Å². The van der Waals surface area contributed by atoms with E-state index in [1.54, 1.807) is 0 Å². The van der Waals surface area contributed by atoms with Crippen LogP contribution in [0.25, 0.3) is 6.08 Å². The van der Waals surface area contributed by atoms with Gasteiger partial charge in [0.1, 0.15) is 5.75 Å². The first-order valence-corrected chi connectivity index (χ1v) is 5.40. The summed E-state index contributed by atoms with van der Waals surface area (Å²) in [6.45, 7) is 0. The van der Waals surface area contributed by atoms with Crippen molar-refractivity contribution in [3.63, 3.8) is 0 Å². The second kappa shape index (κ2) is 3.56. The van der Waals surface area contributed by atoms with Gasteiger partial charge in [0, 0.05) is 18.8 Å². The quantitative estimate of drug-likeness (QED) is 0.706. The molecule has 2 nitrogen and oxygen atoms in total. The molecule has 2 heterocycles. The van der Waals surface area contributed by atoms with Crippen molar-refractivity contribution < 1.29 is 4.74 Å². The molecule has 1 aliphatic rings. The molecule has 0 spiro atoms. The summed E-state index contributed by atoms with van der Waals surface area (Å²) < 4.78 is 8.04. The molecular formula is C14H13NO. The molecule has 2 heteroatoms. The summed E-state index contributed by atoms with van der Waals surface area (Å²) in [4.78, 5) is 0. The highest BCUT2D eigenvalue weighted by atomic mass is 16.5. The maximum atomic E-state index is 5.95. The zero-order valence-corrected chi connectivity index (χ0v) is 9.13. The van der Waals surface area contributed by atoms with Crippen LogP contribution in [-0.4, -0.2) is 4.57 Å². The lowest BCUT2D eigenvalue weighted by Gasteiger charge is -2.21. The van der Waals surface area contributed by atoms with Gasteiger partial charge in [0.05, 0.1) is 5.69 Å². The minimum Gasteiger partial charge on any atom is -0.479 e. The Bertz CT molecular complexity index is 539. The second-order valence-corrected chi connectivity index (χ2v) is 3.98. The molecule has 0 bridgehead atoms. The van der Waals surface area contributed by atoms with E-state index in [1.807, 2.05) is 37.5 Å². The lowest BCUT2D eigenvalue weighted by atomic mass is 10.1. The first kappa shape index (κ1) is 9.28. The minimum atomic E-state index is 0.0231. The molecule has 2 aromatic rings. The van der Waals surface area contributed by atoms with E-state index in [-0.39, 0.29) is 6.10 Å². The number of aromatic nitrogens is 1. The van der Waals surface area contributed by atoms with Gasteiger partial charge in [0.15, 0.2) is 6.10 Å². The summed E-state index contributed by atoms with van der Waals surface area (Å²) in [5.74, 6) is 0.955. The zero-order valence-electron chi connectivity index (χ0n) is 9.13. The maximum absolute atomic E-state index is 5.95. The van der Waals surface area contributed by atoms with Gasteiger partial charge in [-0.1, -0.05) is 24.3 Å². The average molecular weight is 211 g/mol. The van der Waals surface area contributed by atoms with E-state index in [2.05, 4.69) is 28.9 Å². The number of rotatable bonds is 1. The van der Waals surface area contributed by atoms with Crippen LogP contribution in [0.15, 0.2) is 48.7 Å². The highest BCUT2D eigenvalue weighted by Crippen LogP contribution is 2.32. The smallest absolute Gasteiger partial charge is 0.157 e. The Balaban J connectivity index is 1.97. The van der Waals surface area contributed by atoms with Crippen molar-refractivity contribution in [3.05, 3.63) is 59.9 Å². The second-order valence-electron chi connectivity index (χ2n) is 3.98. The van der Waals surface area contributed by atoms with Gasteiger partial charge in [-0.25, -0.2) is 0 Å². The van der Waals surface area contributed by atoms with Gasteiger partial charge >= 0.3 is 0 Å². The SMILES string of the molecule is Cn1cccc1C1C=Cc2ccccc2O1. The maximum Gasteiger partial charge on any atom is 0.157 e. The molecule has 3 rings (SSSR count). The first-order chi connectivity index (χ1) is 7.84. The summed E-state index contributed by atoms with van der Waals surface area (Å²) in [7, 11) is 2.03. The molecule has 1 atom stereocenters. The monoisotopic (exact) mass is 211 g/mol. The summed E-state index contributed by atoms with van der Waals surface area (Å²) >= 11 is 0. The van der Waals surface area contributed by atoms with Crippen molar-refractivity contribution in [1.82, 2.24) is 4.57 Å². The molecule has 0 N–H and O–H groups in total. The Kier molecular flexibility index (Phi) is 2.07. The number of benzene rings is 1. The van der Waals surface area contributed by atoms with Crippen molar-refractivity contribution in [3.8, 4) is 5.75 Å². The van der Waals surface area contributed by atoms with Gasteiger partial charge < -0.3 is 9.30 Å². The van der Waals surface area contributed by atoms with Gasteiger partial charge in [0.2, 0.25) is 0 Å². The van der Waals surface area contributed by atoms with Crippen molar-refractivity contribution >= 4 is 6.08 Å². The fourth-order valence-corrected chi connectivity index (χ4v) is 2.02. The van der Waals surface area contributed by atoms with Crippen LogP contribution in [0.1, 0.15) is 17.4 Å². The average Bonchev–Trinajstić information content (AvgIpc) is 2.75. The van der Waals surface area contributed by atoms with E-state index in [1.165, 1.54) is 5.69 Å². The van der Waals surface area contributed by atoms with Crippen molar-refractivity contribution in [1.29, 1.82) is 0 Å². The van der Waals surface area contributed by atoms with Crippen molar-refractivity contribution in [2.24, 2.45) is 7.05 Å². The van der Waals surface area contributed by atoms with Crippen LogP contribution >= 0.6 is 0 Å². The summed E-state index contributed by atoms with van der Waals surface area (Å²) in [6.07, 6.45) is 6.27. The number of fused-ring (bicyclic) bond motifs is 1. The standard InChI is InChI=1S/C14H13NO/c1-15-10-4-6-12(15)14-9-8-11-5-2-3-7-13(11)16-14/h2-10,14H,1H3. The Morgan fingerprint density at radius 2 is 2.00 bits per heavy atom. The predicted octanol–water partition coefficient (Wildman–Crippen LogP) is 3.17. The third kappa shape index (κ3) is 1.43. The Hall–Kier alpha value is -1.96. The molecular weight excluding hydrogens is 198 g/mol. The molecule has 0 radical (unpaired) electrons. The van der Waals surface area contributed by atoms with Crippen LogP contribution in [0.2, 0.25) is 0 Å². The van der Waals surface area contributed by atoms with E-state index >= 15 is 0 Å². The molecule has 0 saturated carbocycles. The molecule has 0 fully saturated rings. The lowest BCUT2D eigenvalue weighted by Crippen LogP contribution is -2.11. The summed E-state index contributed by atoms with van der Waals surface area (Å²) in [6, 6.07) is 12.2. The molecule has 0 amide bonds. The molecule has 0 saturated heterocycles.